The first-order valence-electron chi connectivity index (χ1n) is 11.7. The van der Waals surface area contributed by atoms with Crippen molar-refractivity contribution in [1.82, 2.24) is 19.2 Å². The number of hydrogen-bond donors (Lipinski definition) is 0. The number of pyridine rings is 1. The number of alkyl halides is 3. The van der Waals surface area contributed by atoms with E-state index in [1.54, 1.807) is 7.05 Å². The number of amides is 3. The van der Waals surface area contributed by atoms with Crippen LogP contribution in [0.1, 0.15) is 48.2 Å². The molecule has 188 valence electrons. The Balaban J connectivity index is 1.49. The van der Waals surface area contributed by atoms with Crippen LogP contribution in [0.2, 0.25) is 0 Å². The second kappa shape index (κ2) is 8.46. The minimum absolute atomic E-state index is 0.0339. The highest BCUT2D eigenvalue weighted by Gasteiger charge is 2.57. The normalized spacial score (nSPS) is 20.4. The van der Waals surface area contributed by atoms with Crippen molar-refractivity contribution >= 4 is 23.4 Å². The number of rotatable bonds is 6. The Bertz CT molecular complexity index is 1380. The third kappa shape index (κ3) is 4.04. The standard InChI is InChI=1S/C26H25F3N4O3/c1-16-20(32-11-4-3-8-21(32)30-16)15-31(2)22(34)13-25(14-23(35)33(24(25)36)19-9-10-19)17-6-5-7-18(12-17)26(27,28)29/h3-8,11-12,19H,9-10,13-15H2,1-2H3. The van der Waals surface area contributed by atoms with Gasteiger partial charge < -0.3 is 9.30 Å². The van der Waals surface area contributed by atoms with Gasteiger partial charge >= 0.3 is 6.18 Å². The van der Waals surface area contributed by atoms with Crippen molar-refractivity contribution in [3.8, 4) is 0 Å². The lowest BCUT2D eigenvalue weighted by atomic mass is 9.75. The lowest BCUT2D eigenvalue weighted by Gasteiger charge is -2.30. The maximum Gasteiger partial charge on any atom is 0.416 e. The number of carbonyl (C=O) groups is 3. The van der Waals surface area contributed by atoms with Gasteiger partial charge in [-0.2, -0.15) is 13.2 Å². The Morgan fingerprint density at radius 2 is 1.92 bits per heavy atom. The molecule has 5 rings (SSSR count). The average Bonchev–Trinajstić information content (AvgIpc) is 3.56. The highest BCUT2D eigenvalue weighted by molar-refractivity contribution is 6.11. The largest absolute Gasteiger partial charge is 0.416 e. The Labute approximate surface area is 205 Å². The number of hydrogen-bond acceptors (Lipinski definition) is 4. The molecule has 3 heterocycles. The molecule has 1 aromatic carbocycles. The molecule has 0 spiro atoms. The van der Waals surface area contributed by atoms with Gasteiger partial charge in [-0.25, -0.2) is 4.98 Å². The number of aromatic nitrogens is 2. The van der Waals surface area contributed by atoms with Crippen LogP contribution in [0.25, 0.3) is 5.65 Å². The van der Waals surface area contributed by atoms with Crippen molar-refractivity contribution in [2.24, 2.45) is 0 Å². The van der Waals surface area contributed by atoms with Crippen molar-refractivity contribution < 1.29 is 27.6 Å². The van der Waals surface area contributed by atoms with E-state index in [0.717, 1.165) is 34.1 Å². The van der Waals surface area contributed by atoms with E-state index in [4.69, 9.17) is 0 Å². The topological polar surface area (TPSA) is 75.0 Å². The van der Waals surface area contributed by atoms with Crippen LogP contribution in [0, 0.1) is 6.92 Å². The van der Waals surface area contributed by atoms with Crippen LogP contribution in [0.3, 0.4) is 0 Å². The molecular weight excluding hydrogens is 473 g/mol. The second-order valence-corrected chi connectivity index (χ2v) is 9.64. The number of benzene rings is 1. The number of fused-ring (bicyclic) bond motifs is 1. The third-order valence-corrected chi connectivity index (χ3v) is 7.10. The minimum Gasteiger partial charge on any atom is -0.340 e. The van der Waals surface area contributed by atoms with Crippen LogP contribution < -0.4 is 0 Å². The van der Waals surface area contributed by atoms with Crippen molar-refractivity contribution in [2.75, 3.05) is 7.05 Å². The quantitative estimate of drug-likeness (QED) is 0.484. The summed E-state index contributed by atoms with van der Waals surface area (Å²) in [7, 11) is 1.57. The summed E-state index contributed by atoms with van der Waals surface area (Å²) in [5.74, 6) is -1.49. The molecule has 1 aliphatic carbocycles. The summed E-state index contributed by atoms with van der Waals surface area (Å²) in [6, 6.07) is 9.72. The van der Waals surface area contributed by atoms with Crippen LogP contribution in [0.4, 0.5) is 13.2 Å². The van der Waals surface area contributed by atoms with E-state index in [-0.39, 0.29) is 24.6 Å². The summed E-state index contributed by atoms with van der Waals surface area (Å²) < 4.78 is 42.3. The molecule has 1 saturated heterocycles. The molecule has 1 atom stereocenters. The average molecular weight is 499 g/mol. The van der Waals surface area contributed by atoms with Gasteiger partial charge in [0.1, 0.15) is 5.65 Å². The molecule has 0 bridgehead atoms. The van der Waals surface area contributed by atoms with Crippen LogP contribution in [-0.2, 0) is 32.5 Å². The molecule has 2 fully saturated rings. The van der Waals surface area contributed by atoms with Gasteiger partial charge in [-0.1, -0.05) is 24.3 Å². The molecule has 36 heavy (non-hydrogen) atoms. The second-order valence-electron chi connectivity index (χ2n) is 9.64. The smallest absolute Gasteiger partial charge is 0.340 e. The first-order chi connectivity index (χ1) is 17.0. The Morgan fingerprint density at radius 1 is 1.17 bits per heavy atom. The number of imidazole rings is 1. The van der Waals surface area contributed by atoms with E-state index in [9.17, 15) is 27.6 Å². The molecule has 2 aliphatic rings. The number of nitrogens with zero attached hydrogens (tertiary/aromatic N) is 4. The number of likely N-dealkylation sites (tertiary alicyclic amines) is 1. The third-order valence-electron chi connectivity index (χ3n) is 7.10. The summed E-state index contributed by atoms with van der Waals surface area (Å²) in [6.45, 7) is 2.01. The number of halogens is 3. The molecule has 0 N–H and O–H groups in total. The zero-order valence-electron chi connectivity index (χ0n) is 19.9. The molecule has 2 aromatic heterocycles. The predicted octanol–water partition coefficient (Wildman–Crippen LogP) is 3.87. The van der Waals surface area contributed by atoms with Crippen LogP contribution >= 0.6 is 0 Å². The van der Waals surface area contributed by atoms with Gasteiger partial charge in [-0.3, -0.25) is 19.3 Å². The fourth-order valence-corrected chi connectivity index (χ4v) is 4.98. The Kier molecular flexibility index (Phi) is 5.65. The molecule has 1 aliphatic heterocycles. The summed E-state index contributed by atoms with van der Waals surface area (Å²) in [4.78, 5) is 47.1. The summed E-state index contributed by atoms with van der Waals surface area (Å²) in [6.07, 6.45) is -2.21. The molecule has 7 nitrogen and oxygen atoms in total. The van der Waals surface area contributed by atoms with Gasteiger partial charge in [-0.15, -0.1) is 0 Å². The molecule has 10 heteroatoms. The molecule has 1 saturated carbocycles. The lowest BCUT2D eigenvalue weighted by molar-refractivity contribution is -0.143. The van der Waals surface area contributed by atoms with Crippen molar-refractivity contribution in [3.05, 3.63) is 71.2 Å². The van der Waals surface area contributed by atoms with E-state index in [0.29, 0.717) is 12.8 Å². The zero-order valence-corrected chi connectivity index (χ0v) is 19.9. The van der Waals surface area contributed by atoms with E-state index in [1.165, 1.54) is 17.0 Å². The minimum atomic E-state index is -4.62. The molecule has 3 amide bonds. The summed E-state index contributed by atoms with van der Waals surface area (Å²) in [5.41, 5.74) is -0.328. The maximum atomic E-state index is 13.6. The van der Waals surface area contributed by atoms with E-state index in [2.05, 4.69) is 4.98 Å². The van der Waals surface area contributed by atoms with Crippen LogP contribution in [0.5, 0.6) is 0 Å². The highest BCUT2D eigenvalue weighted by atomic mass is 19.4. The van der Waals surface area contributed by atoms with Gasteiger partial charge in [-0.05, 0) is 43.5 Å². The van der Waals surface area contributed by atoms with Crippen LogP contribution in [-0.4, -0.2) is 50.0 Å². The Hall–Kier alpha value is -3.69. The van der Waals surface area contributed by atoms with Crippen molar-refractivity contribution in [3.63, 3.8) is 0 Å². The molecule has 1 unspecified atom stereocenters. The van der Waals surface area contributed by atoms with Gasteiger partial charge in [0.25, 0.3) is 0 Å². The lowest BCUT2D eigenvalue weighted by Crippen LogP contribution is -2.43. The van der Waals surface area contributed by atoms with Crippen molar-refractivity contribution in [2.45, 2.75) is 56.8 Å². The molecule has 0 radical (unpaired) electrons. The predicted molar refractivity (Wildman–Crippen MR) is 124 cm³/mol. The highest BCUT2D eigenvalue weighted by Crippen LogP contribution is 2.45. The first kappa shape index (κ1) is 24.0. The maximum absolute atomic E-state index is 13.6. The van der Waals surface area contributed by atoms with Gasteiger partial charge in [0.15, 0.2) is 0 Å². The Morgan fingerprint density at radius 3 is 2.61 bits per heavy atom. The monoisotopic (exact) mass is 498 g/mol. The number of aryl methyl sites for hydroxylation is 1. The molecular formula is C26H25F3N4O3. The van der Waals surface area contributed by atoms with E-state index < -0.39 is 41.3 Å². The fourth-order valence-electron chi connectivity index (χ4n) is 4.98. The van der Waals surface area contributed by atoms with Crippen LogP contribution in [0.15, 0.2) is 48.7 Å². The van der Waals surface area contributed by atoms with E-state index >= 15 is 0 Å². The molecule has 3 aromatic rings. The van der Waals surface area contributed by atoms with Gasteiger partial charge in [0, 0.05) is 32.1 Å². The first-order valence-corrected chi connectivity index (χ1v) is 11.7. The number of carbonyl (C=O) groups excluding carboxylic acids is 3. The van der Waals surface area contributed by atoms with Gasteiger partial charge in [0.05, 0.1) is 28.9 Å². The SMILES string of the molecule is Cc1nc2ccccn2c1CN(C)C(=O)CC1(c2cccc(C(F)(F)F)c2)CC(=O)N(C2CC2)C1=O. The summed E-state index contributed by atoms with van der Waals surface area (Å²) in [5, 5.41) is 0. The summed E-state index contributed by atoms with van der Waals surface area (Å²) >= 11 is 0. The van der Waals surface area contributed by atoms with E-state index in [1.807, 2.05) is 35.7 Å². The number of imide groups is 1. The van der Waals surface area contributed by atoms with Gasteiger partial charge in [0.2, 0.25) is 17.7 Å². The van der Waals surface area contributed by atoms with Crippen molar-refractivity contribution in [1.29, 1.82) is 0 Å². The fraction of sp³-hybridized carbons (Fsp3) is 0.385. The zero-order chi connectivity index (χ0) is 25.8.